The molecule has 0 aliphatic heterocycles. The SMILES string of the molecule is O=C(Nc1cccc(COCC2CC2)c1)c1ccc(C(=O)O)nc1. The van der Waals surface area contributed by atoms with Gasteiger partial charge in [-0.05, 0) is 48.6 Å². The fraction of sp³-hybridized carbons (Fsp3) is 0.278. The van der Waals surface area contributed by atoms with Gasteiger partial charge in [-0.15, -0.1) is 0 Å². The molecule has 0 atom stereocenters. The summed E-state index contributed by atoms with van der Waals surface area (Å²) in [4.78, 5) is 26.7. The Morgan fingerprint density at radius 1 is 1.25 bits per heavy atom. The Morgan fingerprint density at radius 2 is 2.08 bits per heavy atom. The Labute approximate surface area is 139 Å². The van der Waals surface area contributed by atoms with Gasteiger partial charge in [0, 0.05) is 18.5 Å². The number of amides is 1. The van der Waals surface area contributed by atoms with Crippen molar-refractivity contribution in [3.8, 4) is 0 Å². The van der Waals surface area contributed by atoms with E-state index in [1.54, 1.807) is 6.07 Å². The fourth-order valence-corrected chi connectivity index (χ4v) is 2.22. The van der Waals surface area contributed by atoms with Crippen LogP contribution in [0.15, 0.2) is 42.6 Å². The molecule has 1 heterocycles. The molecule has 2 aromatic rings. The number of aromatic nitrogens is 1. The molecule has 2 N–H and O–H groups in total. The number of hydrogen-bond acceptors (Lipinski definition) is 4. The van der Waals surface area contributed by atoms with Gasteiger partial charge in [0.25, 0.3) is 5.91 Å². The highest BCUT2D eigenvalue weighted by atomic mass is 16.5. The number of carboxylic acids is 1. The van der Waals surface area contributed by atoms with Gasteiger partial charge in [0.15, 0.2) is 0 Å². The van der Waals surface area contributed by atoms with Gasteiger partial charge < -0.3 is 15.2 Å². The lowest BCUT2D eigenvalue weighted by atomic mass is 10.2. The van der Waals surface area contributed by atoms with E-state index in [9.17, 15) is 9.59 Å². The quantitative estimate of drug-likeness (QED) is 0.816. The van der Waals surface area contributed by atoms with Crippen LogP contribution in [0.4, 0.5) is 5.69 Å². The molecule has 1 aliphatic rings. The predicted octanol–water partition coefficient (Wildman–Crippen LogP) is 2.96. The molecular weight excluding hydrogens is 308 g/mol. The third-order valence-electron chi connectivity index (χ3n) is 3.75. The number of anilines is 1. The van der Waals surface area contributed by atoms with Gasteiger partial charge in [0.1, 0.15) is 5.69 Å². The van der Waals surface area contributed by atoms with E-state index >= 15 is 0 Å². The summed E-state index contributed by atoms with van der Waals surface area (Å²) < 4.78 is 5.65. The summed E-state index contributed by atoms with van der Waals surface area (Å²) in [5.41, 5.74) is 1.86. The smallest absolute Gasteiger partial charge is 0.354 e. The molecule has 0 unspecified atom stereocenters. The lowest BCUT2D eigenvalue weighted by Gasteiger charge is -2.08. The summed E-state index contributed by atoms with van der Waals surface area (Å²) in [6.45, 7) is 1.31. The zero-order valence-corrected chi connectivity index (χ0v) is 13.1. The maximum Gasteiger partial charge on any atom is 0.354 e. The van der Waals surface area contributed by atoms with Crippen LogP contribution in [0.2, 0.25) is 0 Å². The molecule has 3 rings (SSSR count). The standard InChI is InChI=1S/C18H18N2O4/c21-17(14-6-7-16(18(22)23)19-9-14)20-15-3-1-2-13(8-15)11-24-10-12-4-5-12/h1-3,6-9,12H,4-5,10-11H2,(H,20,21)(H,22,23). The first-order valence-electron chi connectivity index (χ1n) is 7.79. The molecule has 1 fully saturated rings. The highest BCUT2D eigenvalue weighted by molar-refractivity contribution is 6.04. The van der Waals surface area contributed by atoms with Gasteiger partial charge in [-0.1, -0.05) is 12.1 Å². The molecule has 1 saturated carbocycles. The number of carbonyl (C=O) groups excluding carboxylic acids is 1. The highest BCUT2D eigenvalue weighted by Crippen LogP contribution is 2.29. The molecule has 1 amide bonds. The first kappa shape index (κ1) is 16.1. The second-order valence-electron chi connectivity index (χ2n) is 5.85. The molecule has 0 saturated heterocycles. The average molecular weight is 326 g/mol. The number of nitrogens with one attached hydrogen (secondary N) is 1. The second kappa shape index (κ2) is 7.23. The first-order chi connectivity index (χ1) is 11.6. The van der Waals surface area contributed by atoms with E-state index in [4.69, 9.17) is 9.84 Å². The minimum Gasteiger partial charge on any atom is -0.477 e. The van der Waals surface area contributed by atoms with Crippen LogP contribution in [0.1, 0.15) is 39.3 Å². The van der Waals surface area contributed by atoms with Gasteiger partial charge in [-0.2, -0.15) is 0 Å². The molecule has 124 valence electrons. The van der Waals surface area contributed by atoms with E-state index in [0.29, 0.717) is 23.8 Å². The van der Waals surface area contributed by atoms with Crippen LogP contribution in [0.25, 0.3) is 0 Å². The summed E-state index contributed by atoms with van der Waals surface area (Å²) in [7, 11) is 0. The van der Waals surface area contributed by atoms with Crippen LogP contribution in [-0.4, -0.2) is 28.6 Å². The number of nitrogens with zero attached hydrogens (tertiary/aromatic N) is 1. The van der Waals surface area contributed by atoms with Gasteiger partial charge in [0.05, 0.1) is 12.2 Å². The molecule has 6 heteroatoms. The molecule has 24 heavy (non-hydrogen) atoms. The third kappa shape index (κ3) is 4.39. The monoisotopic (exact) mass is 326 g/mol. The van der Waals surface area contributed by atoms with Gasteiger partial charge in [0.2, 0.25) is 0 Å². The largest absolute Gasteiger partial charge is 0.477 e. The second-order valence-corrected chi connectivity index (χ2v) is 5.85. The van der Waals surface area contributed by atoms with Crippen molar-refractivity contribution in [1.29, 1.82) is 0 Å². The van der Waals surface area contributed by atoms with Crippen molar-refractivity contribution < 1.29 is 19.4 Å². The van der Waals surface area contributed by atoms with Crippen molar-refractivity contribution in [1.82, 2.24) is 4.98 Å². The van der Waals surface area contributed by atoms with Crippen molar-refractivity contribution >= 4 is 17.6 Å². The topological polar surface area (TPSA) is 88.5 Å². The molecule has 0 bridgehead atoms. The van der Waals surface area contributed by atoms with Crippen LogP contribution in [0.3, 0.4) is 0 Å². The van der Waals surface area contributed by atoms with E-state index in [1.807, 2.05) is 18.2 Å². The van der Waals surface area contributed by atoms with Gasteiger partial charge >= 0.3 is 5.97 Å². The van der Waals surface area contributed by atoms with Gasteiger partial charge in [-0.3, -0.25) is 4.79 Å². The number of benzene rings is 1. The Bertz CT molecular complexity index is 739. The van der Waals surface area contributed by atoms with Crippen molar-refractivity contribution in [3.63, 3.8) is 0 Å². The summed E-state index contributed by atoms with van der Waals surface area (Å²) in [6, 6.07) is 10.2. The van der Waals surface area contributed by atoms with E-state index in [1.165, 1.54) is 31.2 Å². The minimum atomic E-state index is -1.12. The molecular formula is C18H18N2O4. The Morgan fingerprint density at radius 3 is 2.75 bits per heavy atom. The van der Waals surface area contributed by atoms with Crippen LogP contribution >= 0.6 is 0 Å². The summed E-state index contributed by atoms with van der Waals surface area (Å²) in [5.74, 6) is -0.745. The van der Waals surface area contributed by atoms with Crippen LogP contribution < -0.4 is 5.32 Å². The predicted molar refractivity (Wildman–Crippen MR) is 88.0 cm³/mol. The molecule has 1 aromatic heterocycles. The Hall–Kier alpha value is -2.73. The number of carbonyl (C=O) groups is 2. The van der Waals surface area contributed by atoms with E-state index in [2.05, 4.69) is 10.3 Å². The zero-order valence-electron chi connectivity index (χ0n) is 13.1. The van der Waals surface area contributed by atoms with E-state index < -0.39 is 5.97 Å². The van der Waals surface area contributed by atoms with Crippen molar-refractivity contribution in [2.45, 2.75) is 19.4 Å². The summed E-state index contributed by atoms with van der Waals surface area (Å²) in [5, 5.41) is 11.6. The number of pyridine rings is 1. The van der Waals surface area contributed by atoms with Gasteiger partial charge in [-0.25, -0.2) is 9.78 Å². The molecule has 0 spiro atoms. The van der Waals surface area contributed by atoms with Crippen molar-refractivity contribution in [2.24, 2.45) is 5.92 Å². The maximum atomic E-state index is 12.2. The summed E-state index contributed by atoms with van der Waals surface area (Å²) >= 11 is 0. The lowest BCUT2D eigenvalue weighted by molar-refractivity contribution is 0.0690. The third-order valence-corrected chi connectivity index (χ3v) is 3.75. The van der Waals surface area contributed by atoms with Crippen molar-refractivity contribution in [3.05, 3.63) is 59.4 Å². The Balaban J connectivity index is 1.59. The van der Waals surface area contributed by atoms with E-state index in [0.717, 1.165) is 12.2 Å². The number of ether oxygens (including phenoxy) is 1. The molecule has 1 aliphatic carbocycles. The normalized spacial score (nSPS) is 13.5. The Kier molecular flexibility index (Phi) is 4.86. The van der Waals surface area contributed by atoms with Crippen LogP contribution in [0.5, 0.6) is 0 Å². The maximum absolute atomic E-state index is 12.2. The number of rotatable bonds is 7. The molecule has 6 nitrogen and oxygen atoms in total. The highest BCUT2D eigenvalue weighted by Gasteiger charge is 2.21. The van der Waals surface area contributed by atoms with Crippen LogP contribution in [-0.2, 0) is 11.3 Å². The molecule has 1 aromatic carbocycles. The van der Waals surface area contributed by atoms with E-state index in [-0.39, 0.29) is 11.6 Å². The minimum absolute atomic E-state index is 0.0960. The average Bonchev–Trinajstić information content (AvgIpc) is 3.39. The number of aromatic carboxylic acids is 1. The van der Waals surface area contributed by atoms with Crippen molar-refractivity contribution in [2.75, 3.05) is 11.9 Å². The fourth-order valence-electron chi connectivity index (χ4n) is 2.22. The number of carboxylic acid groups (broad SMARTS) is 1. The number of hydrogen-bond donors (Lipinski definition) is 2. The van der Waals surface area contributed by atoms with Crippen LogP contribution in [0, 0.1) is 5.92 Å². The first-order valence-corrected chi connectivity index (χ1v) is 7.79. The lowest BCUT2D eigenvalue weighted by Crippen LogP contribution is -2.13. The summed E-state index contributed by atoms with van der Waals surface area (Å²) in [6.07, 6.45) is 3.76. The zero-order chi connectivity index (χ0) is 16.9. The molecule has 0 radical (unpaired) electrons.